The van der Waals surface area contributed by atoms with Crippen LogP contribution in [0.3, 0.4) is 0 Å². The van der Waals surface area contributed by atoms with Gasteiger partial charge < -0.3 is 4.74 Å². The lowest BCUT2D eigenvalue weighted by molar-refractivity contribution is 0.101. The van der Waals surface area contributed by atoms with Crippen molar-refractivity contribution in [3.63, 3.8) is 0 Å². The van der Waals surface area contributed by atoms with Crippen LogP contribution >= 0.6 is 0 Å². The Morgan fingerprint density at radius 1 is 1.31 bits per heavy atom. The number of Topliss-reactive ketones (excluding diaryl/α,β-unsaturated/α-hetero) is 1. The van der Waals surface area contributed by atoms with Crippen LogP contribution in [0.5, 0.6) is 5.75 Å². The average molecular weight is 220 g/mol. The molecule has 0 saturated heterocycles. The molecule has 0 aliphatic rings. The highest BCUT2D eigenvalue weighted by Gasteiger charge is 2.12. The van der Waals surface area contributed by atoms with Gasteiger partial charge in [0.15, 0.2) is 11.5 Å². The summed E-state index contributed by atoms with van der Waals surface area (Å²) in [6, 6.07) is 4.91. The third kappa shape index (κ3) is 2.48. The van der Waals surface area contributed by atoms with Gasteiger partial charge in [-0.05, 0) is 30.5 Å². The summed E-state index contributed by atoms with van der Waals surface area (Å²) in [5.74, 6) is 0.223. The average Bonchev–Trinajstić information content (AvgIpc) is 2.37. The van der Waals surface area contributed by atoms with E-state index in [1.165, 1.54) is 20.1 Å². The van der Waals surface area contributed by atoms with Crippen LogP contribution < -0.4 is 10.2 Å². The smallest absolute Gasteiger partial charge is 0.221 e. The van der Waals surface area contributed by atoms with Crippen molar-refractivity contribution in [2.45, 2.75) is 26.7 Å². The van der Waals surface area contributed by atoms with Gasteiger partial charge >= 0.3 is 0 Å². The van der Waals surface area contributed by atoms with Gasteiger partial charge in [-0.1, -0.05) is 19.9 Å². The molecular weight excluding hydrogens is 204 g/mol. The fraction of sp³-hybridized carbons (Fsp3) is 0.385. The van der Waals surface area contributed by atoms with Crippen molar-refractivity contribution in [3.05, 3.63) is 39.5 Å². The van der Waals surface area contributed by atoms with Gasteiger partial charge in [-0.2, -0.15) is 0 Å². The zero-order valence-electron chi connectivity index (χ0n) is 10.0. The molecule has 0 atom stereocenters. The molecule has 16 heavy (non-hydrogen) atoms. The maximum absolute atomic E-state index is 11.7. The molecule has 0 bridgehead atoms. The van der Waals surface area contributed by atoms with E-state index >= 15 is 0 Å². The molecule has 0 aromatic heterocycles. The van der Waals surface area contributed by atoms with Crippen LogP contribution in [-0.2, 0) is 0 Å². The molecule has 0 fully saturated rings. The van der Waals surface area contributed by atoms with E-state index in [-0.39, 0.29) is 22.9 Å². The molecule has 0 aliphatic carbocycles. The van der Waals surface area contributed by atoms with Gasteiger partial charge in [0.05, 0.1) is 12.7 Å². The predicted octanol–water partition coefficient (Wildman–Crippen LogP) is 2.38. The van der Waals surface area contributed by atoms with Gasteiger partial charge in [0.25, 0.3) is 0 Å². The standard InChI is InChI=1S/C13H16O3/c1-8(2)10-5-6-12(15)13(16-4)11(7-10)9(3)14/h5-8H,1-4H3. The summed E-state index contributed by atoms with van der Waals surface area (Å²) in [5, 5.41) is 0. The Morgan fingerprint density at radius 2 is 1.94 bits per heavy atom. The molecule has 0 spiro atoms. The molecule has 0 radical (unpaired) electrons. The van der Waals surface area contributed by atoms with E-state index in [1.807, 2.05) is 13.8 Å². The van der Waals surface area contributed by atoms with Crippen molar-refractivity contribution in [3.8, 4) is 5.75 Å². The lowest BCUT2D eigenvalue weighted by atomic mass is 10.0. The number of ether oxygens (including phenoxy) is 1. The Labute approximate surface area is 95.1 Å². The highest BCUT2D eigenvalue weighted by molar-refractivity contribution is 5.96. The molecule has 1 aromatic carbocycles. The number of hydrogen-bond donors (Lipinski definition) is 0. The Balaban J connectivity index is 3.60. The lowest BCUT2D eigenvalue weighted by Crippen LogP contribution is -2.06. The van der Waals surface area contributed by atoms with Crippen molar-refractivity contribution in [2.24, 2.45) is 0 Å². The summed E-state index contributed by atoms with van der Waals surface area (Å²) in [7, 11) is 1.40. The normalized spacial score (nSPS) is 10.3. The second-order valence-corrected chi connectivity index (χ2v) is 4.00. The summed E-state index contributed by atoms with van der Waals surface area (Å²) in [5.41, 5.74) is 1.03. The second-order valence-electron chi connectivity index (χ2n) is 4.00. The molecule has 3 heteroatoms. The van der Waals surface area contributed by atoms with Crippen molar-refractivity contribution >= 4 is 5.78 Å². The summed E-state index contributed by atoms with van der Waals surface area (Å²) in [6.07, 6.45) is 0. The van der Waals surface area contributed by atoms with E-state index in [0.29, 0.717) is 5.56 Å². The first kappa shape index (κ1) is 12.4. The minimum absolute atomic E-state index is 0.124. The van der Waals surface area contributed by atoms with Crippen LogP contribution in [0.15, 0.2) is 23.0 Å². The van der Waals surface area contributed by atoms with Gasteiger partial charge in [-0.15, -0.1) is 0 Å². The molecule has 86 valence electrons. The van der Waals surface area contributed by atoms with Crippen LogP contribution in [0.1, 0.15) is 42.6 Å². The van der Waals surface area contributed by atoms with Crippen LogP contribution in [0, 0.1) is 0 Å². The van der Waals surface area contributed by atoms with E-state index in [4.69, 9.17) is 4.74 Å². The molecular formula is C13H16O3. The topological polar surface area (TPSA) is 43.4 Å². The number of methoxy groups -OCH3 is 1. The van der Waals surface area contributed by atoms with E-state index in [2.05, 4.69) is 0 Å². The van der Waals surface area contributed by atoms with E-state index in [1.54, 1.807) is 12.1 Å². The zero-order chi connectivity index (χ0) is 12.3. The third-order valence-corrected chi connectivity index (χ3v) is 2.46. The largest absolute Gasteiger partial charge is 0.492 e. The summed E-state index contributed by atoms with van der Waals surface area (Å²) >= 11 is 0. The van der Waals surface area contributed by atoms with E-state index in [0.717, 1.165) is 5.56 Å². The van der Waals surface area contributed by atoms with Crippen molar-refractivity contribution in [1.29, 1.82) is 0 Å². The number of carbonyl (C=O) groups excluding carboxylic acids is 1. The molecule has 0 amide bonds. The number of ketones is 1. The Morgan fingerprint density at radius 3 is 2.38 bits per heavy atom. The zero-order valence-corrected chi connectivity index (χ0v) is 10.0. The quantitative estimate of drug-likeness (QED) is 0.734. The highest BCUT2D eigenvalue weighted by Crippen LogP contribution is 2.19. The first-order valence-electron chi connectivity index (χ1n) is 5.20. The summed E-state index contributed by atoms with van der Waals surface area (Å²) in [6.45, 7) is 5.45. The van der Waals surface area contributed by atoms with Crippen LogP contribution in [0.2, 0.25) is 0 Å². The number of hydrogen-bond acceptors (Lipinski definition) is 3. The van der Waals surface area contributed by atoms with Gasteiger partial charge in [-0.3, -0.25) is 9.59 Å². The minimum Gasteiger partial charge on any atom is -0.492 e. The molecule has 1 rings (SSSR count). The third-order valence-electron chi connectivity index (χ3n) is 2.46. The van der Waals surface area contributed by atoms with Gasteiger partial charge in [0, 0.05) is 0 Å². The molecule has 0 aliphatic heterocycles. The highest BCUT2D eigenvalue weighted by atomic mass is 16.5. The minimum atomic E-state index is -0.264. The number of rotatable bonds is 3. The van der Waals surface area contributed by atoms with Gasteiger partial charge in [0.1, 0.15) is 0 Å². The fourth-order valence-corrected chi connectivity index (χ4v) is 1.49. The molecule has 0 saturated carbocycles. The Hall–Kier alpha value is -1.64. The van der Waals surface area contributed by atoms with Crippen molar-refractivity contribution in [1.82, 2.24) is 0 Å². The SMILES string of the molecule is COc1c(C(C)=O)cc(C(C)C)ccc1=O. The van der Waals surface area contributed by atoms with Crippen LogP contribution in [-0.4, -0.2) is 12.9 Å². The summed E-state index contributed by atoms with van der Waals surface area (Å²) < 4.78 is 5.00. The molecule has 0 N–H and O–H groups in total. The molecule has 1 aromatic rings. The second kappa shape index (κ2) is 4.92. The van der Waals surface area contributed by atoms with E-state index < -0.39 is 0 Å². The van der Waals surface area contributed by atoms with Gasteiger partial charge in [-0.25, -0.2) is 0 Å². The van der Waals surface area contributed by atoms with Crippen LogP contribution in [0.4, 0.5) is 0 Å². The maximum Gasteiger partial charge on any atom is 0.221 e. The van der Waals surface area contributed by atoms with Crippen molar-refractivity contribution in [2.75, 3.05) is 7.11 Å². The van der Waals surface area contributed by atoms with E-state index in [9.17, 15) is 9.59 Å². The maximum atomic E-state index is 11.7. The van der Waals surface area contributed by atoms with Crippen molar-refractivity contribution < 1.29 is 9.53 Å². The van der Waals surface area contributed by atoms with Gasteiger partial charge in [0.2, 0.25) is 5.43 Å². The first-order chi connectivity index (χ1) is 7.47. The number of carbonyl (C=O) groups is 1. The Kier molecular flexibility index (Phi) is 3.82. The monoisotopic (exact) mass is 220 g/mol. The fourth-order valence-electron chi connectivity index (χ4n) is 1.49. The molecule has 3 nitrogen and oxygen atoms in total. The first-order valence-corrected chi connectivity index (χ1v) is 5.20. The molecule has 0 heterocycles. The predicted molar refractivity (Wildman–Crippen MR) is 63.4 cm³/mol. The lowest BCUT2D eigenvalue weighted by Gasteiger charge is -2.03. The molecule has 0 unspecified atom stereocenters. The van der Waals surface area contributed by atoms with Crippen LogP contribution in [0.25, 0.3) is 0 Å². The summed E-state index contributed by atoms with van der Waals surface area (Å²) in [4.78, 5) is 23.1. The Bertz CT molecular complexity index is 461.